The Balaban J connectivity index is 2.09. The first-order chi connectivity index (χ1) is 11.7. The maximum atomic E-state index is 2.55. The first-order valence-electron chi connectivity index (χ1n) is 9.22. The zero-order valence-corrected chi connectivity index (χ0v) is 15.0. The van der Waals surface area contributed by atoms with E-state index in [1.165, 1.54) is 52.5 Å². The summed E-state index contributed by atoms with van der Waals surface area (Å²) >= 11 is 0. The van der Waals surface area contributed by atoms with Crippen LogP contribution >= 0.6 is 0 Å². The van der Waals surface area contributed by atoms with E-state index in [2.05, 4.69) is 79.9 Å². The summed E-state index contributed by atoms with van der Waals surface area (Å²) in [6.45, 7) is 8.03. The minimum Gasteiger partial charge on any atom is -0.191 e. The Morgan fingerprint density at radius 1 is 0.958 bits per heavy atom. The van der Waals surface area contributed by atoms with Crippen LogP contribution in [0.4, 0.5) is 0 Å². The van der Waals surface area contributed by atoms with Crippen LogP contribution in [0.15, 0.2) is 54.6 Å². The molecule has 1 aliphatic heterocycles. The highest BCUT2D eigenvalue weighted by Crippen LogP contribution is 2.42. The fourth-order valence-electron chi connectivity index (χ4n) is 4.61. The number of fused-ring (bicyclic) bond motifs is 5. The van der Waals surface area contributed by atoms with Gasteiger partial charge in [-0.2, -0.15) is 4.57 Å². The molecule has 0 aliphatic carbocycles. The van der Waals surface area contributed by atoms with Gasteiger partial charge < -0.3 is 0 Å². The molecule has 1 aromatic heterocycles. The van der Waals surface area contributed by atoms with E-state index in [-0.39, 0.29) is 5.41 Å². The van der Waals surface area contributed by atoms with Gasteiger partial charge in [0.1, 0.15) is 0 Å². The average Bonchev–Trinajstić information content (AvgIpc) is 2.78. The summed E-state index contributed by atoms with van der Waals surface area (Å²) in [6, 6.07) is 20.3. The van der Waals surface area contributed by atoms with Crippen LogP contribution in [0.2, 0.25) is 0 Å². The van der Waals surface area contributed by atoms with Gasteiger partial charge in [-0.1, -0.05) is 44.2 Å². The lowest BCUT2D eigenvalue weighted by Crippen LogP contribution is -2.38. The molecule has 24 heavy (non-hydrogen) atoms. The number of hydrogen-bond acceptors (Lipinski definition) is 0. The Kier molecular flexibility index (Phi) is 3.68. The van der Waals surface area contributed by atoms with Crippen LogP contribution in [-0.2, 0) is 12.0 Å². The summed E-state index contributed by atoms with van der Waals surface area (Å²) in [6.07, 6.45) is 3.61. The molecule has 2 heterocycles. The molecule has 0 spiro atoms. The van der Waals surface area contributed by atoms with Crippen LogP contribution in [0.3, 0.4) is 0 Å². The molecule has 0 atom stereocenters. The van der Waals surface area contributed by atoms with Crippen LogP contribution in [0, 0.1) is 6.92 Å². The summed E-state index contributed by atoms with van der Waals surface area (Å²) in [4.78, 5) is 0. The maximum Gasteiger partial charge on any atom is 0.213 e. The van der Waals surface area contributed by atoms with Gasteiger partial charge in [-0.25, -0.2) is 0 Å². The van der Waals surface area contributed by atoms with Crippen molar-refractivity contribution in [3.8, 4) is 11.3 Å². The van der Waals surface area contributed by atoms with Gasteiger partial charge in [0.25, 0.3) is 0 Å². The number of aryl methyl sites for hydroxylation is 2. The topological polar surface area (TPSA) is 3.88 Å². The van der Waals surface area contributed by atoms with Gasteiger partial charge in [0.2, 0.25) is 11.2 Å². The van der Waals surface area contributed by atoms with Crippen LogP contribution in [-0.4, -0.2) is 0 Å². The second-order valence-corrected chi connectivity index (χ2v) is 7.16. The molecule has 0 bridgehead atoms. The Morgan fingerprint density at radius 3 is 2.46 bits per heavy atom. The number of nitrogens with zero attached hydrogens (tertiary/aromatic N) is 1. The maximum absolute atomic E-state index is 2.55. The molecule has 0 saturated carbocycles. The predicted molar refractivity (Wildman–Crippen MR) is 101 cm³/mol. The van der Waals surface area contributed by atoms with E-state index >= 15 is 0 Å². The molecule has 3 aromatic rings. The molecule has 0 amide bonds. The van der Waals surface area contributed by atoms with Gasteiger partial charge in [0.05, 0.1) is 0 Å². The average molecular weight is 316 g/mol. The molecule has 122 valence electrons. The molecule has 4 rings (SSSR count). The van der Waals surface area contributed by atoms with Crippen molar-refractivity contribution in [2.45, 2.75) is 52.0 Å². The van der Waals surface area contributed by atoms with E-state index in [0.717, 1.165) is 6.54 Å². The van der Waals surface area contributed by atoms with Crippen LogP contribution in [0.5, 0.6) is 0 Å². The van der Waals surface area contributed by atoms with Crippen molar-refractivity contribution in [3.63, 3.8) is 0 Å². The Morgan fingerprint density at radius 2 is 1.67 bits per heavy atom. The van der Waals surface area contributed by atoms with Crippen LogP contribution < -0.4 is 4.57 Å². The molecule has 0 radical (unpaired) electrons. The summed E-state index contributed by atoms with van der Waals surface area (Å²) < 4.78 is 2.55. The molecule has 0 fully saturated rings. The highest BCUT2D eigenvalue weighted by molar-refractivity contribution is 5.82. The predicted octanol–water partition coefficient (Wildman–Crippen LogP) is 5.56. The number of rotatable bonds is 2. The largest absolute Gasteiger partial charge is 0.213 e. The molecule has 2 aromatic carbocycles. The normalized spacial score (nSPS) is 15.6. The lowest BCUT2D eigenvalue weighted by atomic mass is 9.72. The van der Waals surface area contributed by atoms with Crippen molar-refractivity contribution >= 4 is 10.9 Å². The summed E-state index contributed by atoms with van der Waals surface area (Å²) in [5.74, 6) is 0. The molecule has 1 nitrogen and oxygen atoms in total. The summed E-state index contributed by atoms with van der Waals surface area (Å²) in [5, 5.41) is 1.37. The lowest BCUT2D eigenvalue weighted by Gasteiger charge is -2.31. The van der Waals surface area contributed by atoms with Crippen molar-refractivity contribution in [3.05, 3.63) is 65.7 Å². The van der Waals surface area contributed by atoms with E-state index in [0.29, 0.717) is 0 Å². The fourth-order valence-corrected chi connectivity index (χ4v) is 4.61. The molecule has 0 saturated heterocycles. The number of pyridine rings is 1. The fraction of sp³-hybridized carbons (Fsp3) is 0.348. The molecule has 1 aliphatic rings. The van der Waals surface area contributed by atoms with E-state index in [1.807, 2.05) is 0 Å². The van der Waals surface area contributed by atoms with Crippen molar-refractivity contribution < 1.29 is 4.57 Å². The zero-order valence-electron chi connectivity index (χ0n) is 15.0. The smallest absolute Gasteiger partial charge is 0.191 e. The third kappa shape index (κ3) is 2.11. The second kappa shape index (κ2) is 5.73. The van der Waals surface area contributed by atoms with Crippen LogP contribution in [0.25, 0.3) is 22.2 Å². The van der Waals surface area contributed by atoms with Gasteiger partial charge in [-0.3, -0.25) is 0 Å². The number of para-hydroxylation sites is 1. The SMILES string of the molecule is CCC1(CC)CC[n+]2c(cc(C)c3ccccc32)-c2ccccc21. The standard InChI is InChI=1S/C23H26N/c1-4-23(5-2)14-15-24-21-13-9-7-10-18(21)17(3)16-22(24)19-11-6-8-12-20(19)23/h6-13,16H,4-5,14-15H2,1-3H3/q+1. The monoisotopic (exact) mass is 316 g/mol. The van der Waals surface area contributed by atoms with Gasteiger partial charge >= 0.3 is 0 Å². The van der Waals surface area contributed by atoms with Crippen molar-refractivity contribution in [1.82, 2.24) is 0 Å². The third-order valence-electron chi connectivity index (χ3n) is 6.21. The summed E-state index contributed by atoms with van der Waals surface area (Å²) in [7, 11) is 0. The van der Waals surface area contributed by atoms with E-state index in [4.69, 9.17) is 0 Å². The van der Waals surface area contributed by atoms with Crippen LogP contribution in [0.1, 0.15) is 44.2 Å². The first kappa shape index (κ1) is 15.4. The molecule has 0 N–H and O–H groups in total. The Labute approximate surface area is 145 Å². The van der Waals surface area contributed by atoms with Gasteiger partial charge in [-0.15, -0.1) is 0 Å². The first-order valence-corrected chi connectivity index (χ1v) is 9.22. The van der Waals surface area contributed by atoms with E-state index < -0.39 is 0 Å². The van der Waals surface area contributed by atoms with E-state index in [9.17, 15) is 0 Å². The number of benzene rings is 2. The second-order valence-electron chi connectivity index (χ2n) is 7.16. The van der Waals surface area contributed by atoms with Crippen molar-refractivity contribution in [1.29, 1.82) is 0 Å². The molecule has 1 heteroatoms. The van der Waals surface area contributed by atoms with Crippen molar-refractivity contribution in [2.75, 3.05) is 0 Å². The number of hydrogen-bond donors (Lipinski definition) is 0. The van der Waals surface area contributed by atoms with E-state index in [1.54, 1.807) is 0 Å². The minimum absolute atomic E-state index is 0.289. The van der Waals surface area contributed by atoms with Gasteiger partial charge in [0, 0.05) is 34.9 Å². The highest BCUT2D eigenvalue weighted by atomic mass is 15.0. The molecular formula is C23H26N+. The van der Waals surface area contributed by atoms with Crippen molar-refractivity contribution in [2.24, 2.45) is 0 Å². The lowest BCUT2D eigenvalue weighted by molar-refractivity contribution is -0.661. The Bertz CT molecular complexity index is 903. The van der Waals surface area contributed by atoms with Gasteiger partial charge in [0.15, 0.2) is 6.54 Å². The summed E-state index contributed by atoms with van der Waals surface area (Å²) in [5.41, 5.74) is 7.36. The number of aromatic nitrogens is 1. The zero-order chi connectivity index (χ0) is 16.7. The Hall–Kier alpha value is -2.15. The minimum atomic E-state index is 0.289. The highest BCUT2D eigenvalue weighted by Gasteiger charge is 2.37. The third-order valence-corrected chi connectivity index (χ3v) is 6.21. The van der Waals surface area contributed by atoms with Gasteiger partial charge in [-0.05, 0) is 43.0 Å². The molecule has 0 unspecified atom stereocenters. The molecular weight excluding hydrogens is 290 g/mol. The quantitative estimate of drug-likeness (QED) is 0.545.